The van der Waals surface area contributed by atoms with E-state index in [1.165, 1.54) is 43.8 Å². The molecule has 0 saturated carbocycles. The number of thiophene rings is 1. The van der Waals surface area contributed by atoms with Crippen LogP contribution in [0.15, 0.2) is 17.1 Å². The Hall–Kier alpha value is -0.0500. The Balaban J connectivity index is 0.00000288. The molecule has 24 heavy (non-hydrogen) atoms. The lowest BCUT2D eigenvalue weighted by atomic mass is 10.1. The van der Waals surface area contributed by atoms with E-state index in [0.29, 0.717) is 6.04 Å². The van der Waals surface area contributed by atoms with E-state index in [1.807, 2.05) is 6.07 Å². The highest BCUT2D eigenvalue weighted by Gasteiger charge is 2.19. The van der Waals surface area contributed by atoms with Gasteiger partial charge >= 0.3 is 0 Å². The first kappa shape index (κ1) is 22.0. The third kappa shape index (κ3) is 7.89. The van der Waals surface area contributed by atoms with Crippen LogP contribution in [0.5, 0.6) is 0 Å². The van der Waals surface area contributed by atoms with Crippen LogP contribution >= 0.6 is 46.9 Å². The van der Waals surface area contributed by atoms with E-state index < -0.39 is 0 Å². The molecule has 138 valence electrons. The molecule has 0 amide bonds. The molecule has 2 rings (SSSR count). The number of halogens is 2. The summed E-state index contributed by atoms with van der Waals surface area (Å²) in [7, 11) is 0. The van der Waals surface area contributed by atoms with Crippen molar-refractivity contribution in [1.82, 2.24) is 15.5 Å². The fraction of sp³-hybridized carbons (Fsp3) is 0.706. The number of guanidine groups is 1. The molecule has 0 aromatic carbocycles. The van der Waals surface area contributed by atoms with Gasteiger partial charge in [0.25, 0.3) is 0 Å². The molecule has 2 heterocycles. The molecule has 0 aliphatic carbocycles. The molecule has 1 aromatic heterocycles. The van der Waals surface area contributed by atoms with Crippen molar-refractivity contribution in [2.24, 2.45) is 4.99 Å². The number of piperidine rings is 1. The predicted molar refractivity (Wildman–Crippen MR) is 117 cm³/mol. The van der Waals surface area contributed by atoms with Crippen molar-refractivity contribution < 1.29 is 0 Å². The highest BCUT2D eigenvalue weighted by Crippen LogP contribution is 2.21. The monoisotopic (exact) mass is 484 g/mol. The van der Waals surface area contributed by atoms with Crippen LogP contribution in [-0.4, -0.2) is 49.6 Å². The summed E-state index contributed by atoms with van der Waals surface area (Å²) < 4.78 is 0.854. The summed E-state index contributed by atoms with van der Waals surface area (Å²) in [5.41, 5.74) is 0. The second-order valence-corrected chi connectivity index (χ2v) is 7.78. The van der Waals surface area contributed by atoms with E-state index in [-0.39, 0.29) is 24.0 Å². The molecule has 0 spiro atoms. The zero-order valence-corrected chi connectivity index (χ0v) is 18.6. The van der Waals surface area contributed by atoms with E-state index in [2.05, 4.69) is 35.4 Å². The van der Waals surface area contributed by atoms with Crippen LogP contribution in [0.1, 0.15) is 38.0 Å². The third-order valence-electron chi connectivity index (χ3n) is 4.07. The van der Waals surface area contributed by atoms with E-state index in [1.54, 1.807) is 11.3 Å². The summed E-state index contributed by atoms with van der Waals surface area (Å²) in [6.45, 7) is 9.66. The van der Waals surface area contributed by atoms with Crippen LogP contribution in [-0.2, 0) is 6.42 Å². The first-order valence-electron chi connectivity index (χ1n) is 8.72. The number of hydrogen-bond acceptors (Lipinski definition) is 3. The standard InChI is InChI=1S/C17H29ClN4S.HI/c1-3-11-22-12-8-14(9-13-22)21-17(19-4-2)20-10-7-15-5-6-16(18)23-15;/h5-6,14H,3-4,7-13H2,1-2H3,(H2,19,20,21);1H. The van der Waals surface area contributed by atoms with E-state index >= 15 is 0 Å². The quantitative estimate of drug-likeness (QED) is 0.349. The van der Waals surface area contributed by atoms with Crippen LogP contribution < -0.4 is 10.6 Å². The molecule has 0 radical (unpaired) electrons. The van der Waals surface area contributed by atoms with Gasteiger partial charge in [-0.25, -0.2) is 0 Å². The number of nitrogens with zero attached hydrogens (tertiary/aromatic N) is 2. The molecule has 7 heteroatoms. The zero-order valence-electron chi connectivity index (χ0n) is 14.7. The van der Waals surface area contributed by atoms with Crippen LogP contribution in [0.25, 0.3) is 0 Å². The number of nitrogens with one attached hydrogen (secondary N) is 2. The maximum Gasteiger partial charge on any atom is 0.191 e. The van der Waals surface area contributed by atoms with Gasteiger partial charge in [0.2, 0.25) is 0 Å². The molecule has 1 fully saturated rings. The fourth-order valence-electron chi connectivity index (χ4n) is 2.89. The van der Waals surface area contributed by atoms with Crippen LogP contribution in [0.4, 0.5) is 0 Å². The molecule has 1 aliphatic rings. The van der Waals surface area contributed by atoms with Gasteiger partial charge in [-0.3, -0.25) is 4.99 Å². The Kier molecular flexibility index (Phi) is 11.3. The van der Waals surface area contributed by atoms with Gasteiger partial charge < -0.3 is 15.5 Å². The van der Waals surface area contributed by atoms with E-state index in [0.717, 1.165) is 29.8 Å². The molecular weight excluding hydrogens is 455 g/mol. The Labute approximate surface area is 172 Å². The van der Waals surface area contributed by atoms with Gasteiger partial charge in [-0.2, -0.15) is 0 Å². The Morgan fingerprint density at radius 2 is 2.08 bits per heavy atom. The SMILES string of the molecule is CCCN1CCC(NC(=NCCc2ccc(Cl)s2)NCC)CC1.I. The highest BCUT2D eigenvalue weighted by atomic mass is 127. The van der Waals surface area contributed by atoms with Crippen molar-refractivity contribution >= 4 is 52.9 Å². The topological polar surface area (TPSA) is 39.7 Å². The van der Waals surface area contributed by atoms with Gasteiger partial charge in [-0.05, 0) is 44.9 Å². The van der Waals surface area contributed by atoms with Gasteiger partial charge in [0.15, 0.2) is 5.96 Å². The summed E-state index contributed by atoms with van der Waals surface area (Å²) in [6.07, 6.45) is 4.59. The number of aliphatic imine (C=N–C) groups is 1. The first-order valence-corrected chi connectivity index (χ1v) is 9.92. The summed E-state index contributed by atoms with van der Waals surface area (Å²) in [5, 5.41) is 6.96. The van der Waals surface area contributed by atoms with Crippen molar-refractivity contribution in [2.45, 2.75) is 45.6 Å². The minimum absolute atomic E-state index is 0. The lowest BCUT2D eigenvalue weighted by molar-refractivity contribution is 0.206. The summed E-state index contributed by atoms with van der Waals surface area (Å²) >= 11 is 7.61. The van der Waals surface area contributed by atoms with Crippen LogP contribution in [0.3, 0.4) is 0 Å². The predicted octanol–water partition coefficient (Wildman–Crippen LogP) is 3.99. The highest BCUT2D eigenvalue weighted by molar-refractivity contribution is 14.0. The molecule has 0 bridgehead atoms. The lowest BCUT2D eigenvalue weighted by Crippen LogP contribution is -2.48. The second-order valence-electron chi connectivity index (χ2n) is 5.98. The minimum Gasteiger partial charge on any atom is -0.357 e. The smallest absolute Gasteiger partial charge is 0.191 e. The van der Waals surface area contributed by atoms with Crippen molar-refractivity contribution in [2.75, 3.05) is 32.7 Å². The average Bonchev–Trinajstić information content (AvgIpc) is 2.95. The van der Waals surface area contributed by atoms with Crippen molar-refractivity contribution in [3.8, 4) is 0 Å². The molecule has 1 saturated heterocycles. The maximum absolute atomic E-state index is 5.97. The Bertz CT molecular complexity index is 487. The fourth-order valence-corrected chi connectivity index (χ4v) is 3.97. The second kappa shape index (κ2) is 12.3. The van der Waals surface area contributed by atoms with Crippen molar-refractivity contribution in [1.29, 1.82) is 0 Å². The normalized spacial score (nSPS) is 16.7. The largest absolute Gasteiger partial charge is 0.357 e. The Morgan fingerprint density at radius 3 is 2.67 bits per heavy atom. The first-order chi connectivity index (χ1) is 11.2. The molecular formula is C17H30ClIN4S. The number of hydrogen-bond donors (Lipinski definition) is 2. The van der Waals surface area contributed by atoms with Gasteiger partial charge in [0, 0.05) is 43.5 Å². The number of rotatable bonds is 7. The molecule has 0 unspecified atom stereocenters. The zero-order chi connectivity index (χ0) is 16.5. The third-order valence-corrected chi connectivity index (χ3v) is 5.36. The minimum atomic E-state index is 0. The lowest BCUT2D eigenvalue weighted by Gasteiger charge is -2.32. The summed E-state index contributed by atoms with van der Waals surface area (Å²) in [4.78, 5) is 8.56. The van der Waals surface area contributed by atoms with Crippen molar-refractivity contribution in [3.05, 3.63) is 21.3 Å². The van der Waals surface area contributed by atoms with Gasteiger partial charge in [-0.1, -0.05) is 18.5 Å². The van der Waals surface area contributed by atoms with Gasteiger partial charge in [0.05, 0.1) is 4.34 Å². The summed E-state index contributed by atoms with van der Waals surface area (Å²) in [5.74, 6) is 0.948. The molecule has 1 aromatic rings. The van der Waals surface area contributed by atoms with Crippen molar-refractivity contribution in [3.63, 3.8) is 0 Å². The van der Waals surface area contributed by atoms with Gasteiger partial charge in [0.1, 0.15) is 0 Å². The van der Waals surface area contributed by atoms with Crippen LogP contribution in [0, 0.1) is 0 Å². The summed E-state index contributed by atoms with van der Waals surface area (Å²) in [6, 6.07) is 4.59. The molecule has 4 nitrogen and oxygen atoms in total. The average molecular weight is 485 g/mol. The molecule has 1 aliphatic heterocycles. The Morgan fingerprint density at radius 1 is 1.33 bits per heavy atom. The van der Waals surface area contributed by atoms with E-state index in [4.69, 9.17) is 16.6 Å². The molecule has 0 atom stereocenters. The van der Waals surface area contributed by atoms with Gasteiger partial charge in [-0.15, -0.1) is 35.3 Å². The molecule has 2 N–H and O–H groups in total. The number of likely N-dealkylation sites (tertiary alicyclic amines) is 1. The van der Waals surface area contributed by atoms with E-state index in [9.17, 15) is 0 Å². The van der Waals surface area contributed by atoms with Crippen LogP contribution in [0.2, 0.25) is 4.34 Å². The maximum atomic E-state index is 5.97.